The van der Waals surface area contributed by atoms with Gasteiger partial charge in [-0.1, -0.05) is 17.7 Å². The molecule has 0 bridgehead atoms. The molecule has 3 heterocycles. The maximum atomic E-state index is 13.2. The van der Waals surface area contributed by atoms with Gasteiger partial charge in [-0.05, 0) is 42.9 Å². The molecule has 0 spiro atoms. The van der Waals surface area contributed by atoms with Gasteiger partial charge >= 0.3 is 0 Å². The molecular weight excluding hydrogens is 445 g/mol. The van der Waals surface area contributed by atoms with Crippen molar-refractivity contribution in [1.82, 2.24) is 19.3 Å². The number of rotatable bonds is 6. The molecule has 156 valence electrons. The molecule has 0 aliphatic carbocycles. The molecule has 7 nitrogen and oxygen atoms in total. The van der Waals surface area contributed by atoms with Crippen molar-refractivity contribution in [2.24, 2.45) is 0 Å². The van der Waals surface area contributed by atoms with E-state index in [-0.39, 0.29) is 17.3 Å². The van der Waals surface area contributed by atoms with Gasteiger partial charge in [-0.2, -0.15) is 0 Å². The van der Waals surface area contributed by atoms with Gasteiger partial charge in [-0.15, -0.1) is 12.4 Å². The molecule has 4 aromatic rings. The summed E-state index contributed by atoms with van der Waals surface area (Å²) in [6.45, 7) is 0.537. The summed E-state index contributed by atoms with van der Waals surface area (Å²) in [6, 6.07) is 10.5. The second kappa shape index (κ2) is 9.01. The maximum absolute atomic E-state index is 13.2. The number of anilines is 2. The maximum Gasteiger partial charge on any atom is 0.269 e. The molecule has 1 aromatic carbocycles. The zero-order chi connectivity index (χ0) is 20.4. The Bertz CT molecular complexity index is 1280. The van der Waals surface area contributed by atoms with Crippen LogP contribution in [-0.2, 0) is 16.6 Å². The summed E-state index contributed by atoms with van der Waals surface area (Å²) in [6.07, 6.45) is 7.71. The molecule has 0 aliphatic heterocycles. The number of hydrogen-bond donors (Lipinski definition) is 2. The Morgan fingerprint density at radius 3 is 2.60 bits per heavy atom. The van der Waals surface area contributed by atoms with E-state index in [1.54, 1.807) is 43.0 Å². The molecule has 0 unspecified atom stereocenters. The largest absolute Gasteiger partial charge is 0.354 e. The normalized spacial score (nSPS) is 11.3. The van der Waals surface area contributed by atoms with Crippen LogP contribution in [0, 0.1) is 0 Å². The summed E-state index contributed by atoms with van der Waals surface area (Å²) < 4.78 is 27.8. The Morgan fingerprint density at radius 1 is 1.10 bits per heavy atom. The minimum atomic E-state index is -3.80. The Morgan fingerprint density at radius 2 is 1.90 bits per heavy atom. The van der Waals surface area contributed by atoms with Crippen LogP contribution in [0.25, 0.3) is 10.9 Å². The van der Waals surface area contributed by atoms with Crippen LogP contribution in [0.4, 0.5) is 11.4 Å². The Labute approximate surface area is 185 Å². The molecule has 0 atom stereocenters. The number of nitrogens with one attached hydrogen (secondary N) is 2. The van der Waals surface area contributed by atoms with E-state index in [0.29, 0.717) is 28.5 Å². The lowest BCUT2D eigenvalue weighted by atomic mass is 10.1. The van der Waals surface area contributed by atoms with Gasteiger partial charge in [0, 0.05) is 48.6 Å². The van der Waals surface area contributed by atoms with E-state index in [2.05, 4.69) is 20.6 Å². The second-order valence-electron chi connectivity index (χ2n) is 6.39. The molecule has 3 aromatic heterocycles. The third kappa shape index (κ3) is 4.13. The van der Waals surface area contributed by atoms with E-state index in [9.17, 15) is 8.42 Å². The van der Waals surface area contributed by atoms with Crippen molar-refractivity contribution in [2.45, 2.75) is 11.4 Å². The Hall–Kier alpha value is -2.65. The van der Waals surface area contributed by atoms with Crippen LogP contribution < -0.4 is 10.6 Å². The van der Waals surface area contributed by atoms with Gasteiger partial charge in [0.25, 0.3) is 10.0 Å². The highest BCUT2D eigenvalue weighted by molar-refractivity contribution is 7.90. The van der Waals surface area contributed by atoms with Gasteiger partial charge in [-0.25, -0.2) is 12.4 Å². The summed E-state index contributed by atoms with van der Waals surface area (Å²) in [5, 5.41) is 7.62. The Kier molecular flexibility index (Phi) is 6.62. The first-order chi connectivity index (χ1) is 14.0. The highest BCUT2D eigenvalue weighted by atomic mass is 35.5. The highest BCUT2D eigenvalue weighted by Crippen LogP contribution is 2.31. The molecule has 2 N–H and O–H groups in total. The van der Waals surface area contributed by atoms with Crippen molar-refractivity contribution >= 4 is 56.3 Å². The monoisotopic (exact) mass is 463 g/mol. The molecule has 30 heavy (non-hydrogen) atoms. The second-order valence-corrected chi connectivity index (χ2v) is 8.61. The average molecular weight is 464 g/mol. The van der Waals surface area contributed by atoms with Gasteiger partial charge in [0.1, 0.15) is 4.90 Å². The van der Waals surface area contributed by atoms with Gasteiger partial charge in [-0.3, -0.25) is 9.97 Å². The fourth-order valence-corrected chi connectivity index (χ4v) is 4.63. The number of nitrogens with zero attached hydrogens (tertiary/aromatic N) is 3. The van der Waals surface area contributed by atoms with Gasteiger partial charge in [0.2, 0.25) is 0 Å². The van der Waals surface area contributed by atoms with Crippen LogP contribution >= 0.6 is 24.0 Å². The molecule has 0 amide bonds. The van der Waals surface area contributed by atoms with Crippen molar-refractivity contribution in [2.75, 3.05) is 12.4 Å². The topological polar surface area (TPSA) is 88.9 Å². The predicted octanol–water partition coefficient (Wildman–Crippen LogP) is 4.21. The summed E-state index contributed by atoms with van der Waals surface area (Å²) in [4.78, 5) is 8.05. The Balaban J connectivity index is 0.00000256. The van der Waals surface area contributed by atoms with Crippen LogP contribution in [-0.4, -0.2) is 29.4 Å². The van der Waals surface area contributed by atoms with E-state index in [0.717, 1.165) is 10.9 Å². The molecule has 0 saturated heterocycles. The molecule has 0 fully saturated rings. The average Bonchev–Trinajstić information content (AvgIpc) is 3.09. The van der Waals surface area contributed by atoms with Gasteiger partial charge in [0.15, 0.2) is 0 Å². The summed E-state index contributed by atoms with van der Waals surface area (Å²) >= 11 is 6.18. The van der Waals surface area contributed by atoms with E-state index in [1.807, 2.05) is 19.2 Å². The van der Waals surface area contributed by atoms with Gasteiger partial charge in [0.05, 0.1) is 16.2 Å². The van der Waals surface area contributed by atoms with Crippen LogP contribution in [0.2, 0.25) is 5.02 Å². The highest BCUT2D eigenvalue weighted by Gasteiger charge is 2.21. The SMILES string of the molecule is CNCc1cn(S(=O)(=O)c2cccnc2)c2cc(Nc3ccncc3Cl)ccc12.Cl. The van der Waals surface area contributed by atoms with Crippen LogP contribution in [0.1, 0.15) is 5.56 Å². The first-order valence-corrected chi connectivity index (χ1v) is 10.6. The van der Waals surface area contributed by atoms with Crippen molar-refractivity contribution in [3.63, 3.8) is 0 Å². The quantitative estimate of drug-likeness (QED) is 0.445. The fourth-order valence-electron chi connectivity index (χ4n) is 3.12. The van der Waals surface area contributed by atoms with E-state index < -0.39 is 10.0 Å². The number of benzene rings is 1. The van der Waals surface area contributed by atoms with Crippen molar-refractivity contribution in [3.8, 4) is 0 Å². The third-order valence-electron chi connectivity index (χ3n) is 4.46. The molecule has 0 saturated carbocycles. The lowest BCUT2D eigenvalue weighted by Crippen LogP contribution is -2.12. The third-order valence-corrected chi connectivity index (χ3v) is 6.42. The van der Waals surface area contributed by atoms with Crippen LogP contribution in [0.3, 0.4) is 0 Å². The minimum absolute atomic E-state index is 0. The number of halogens is 2. The number of hydrogen-bond acceptors (Lipinski definition) is 6. The van der Waals surface area contributed by atoms with Crippen molar-refractivity contribution in [1.29, 1.82) is 0 Å². The zero-order valence-electron chi connectivity index (χ0n) is 15.9. The van der Waals surface area contributed by atoms with Crippen molar-refractivity contribution in [3.05, 3.63) is 78.0 Å². The summed E-state index contributed by atoms with van der Waals surface area (Å²) in [7, 11) is -1.98. The number of fused-ring (bicyclic) bond motifs is 1. The predicted molar refractivity (Wildman–Crippen MR) is 121 cm³/mol. The van der Waals surface area contributed by atoms with Crippen LogP contribution in [0.15, 0.2) is 72.3 Å². The molecule has 0 radical (unpaired) electrons. The van der Waals surface area contributed by atoms with E-state index in [1.165, 1.54) is 16.2 Å². The standard InChI is InChI=1S/C20H18ClN5O2S.ClH/c1-22-10-14-13-26(29(27,28)16-3-2-7-23-11-16)20-9-15(4-5-17(14)20)25-19-6-8-24-12-18(19)21;/h2-9,11-13,22H,10H2,1H3,(H,24,25);1H. The zero-order valence-corrected chi connectivity index (χ0v) is 18.3. The molecule has 10 heteroatoms. The minimum Gasteiger partial charge on any atom is -0.354 e. The lowest BCUT2D eigenvalue weighted by molar-refractivity contribution is 0.588. The number of aromatic nitrogens is 3. The van der Waals surface area contributed by atoms with Crippen molar-refractivity contribution < 1.29 is 8.42 Å². The molecule has 4 rings (SSSR count). The summed E-state index contributed by atoms with van der Waals surface area (Å²) in [5.41, 5.74) is 2.84. The fraction of sp³-hybridized carbons (Fsp3) is 0.100. The first kappa shape index (κ1) is 22.0. The first-order valence-electron chi connectivity index (χ1n) is 8.81. The smallest absolute Gasteiger partial charge is 0.269 e. The molecule has 0 aliphatic rings. The molecular formula is C20H19Cl2N5O2S. The van der Waals surface area contributed by atoms with E-state index in [4.69, 9.17) is 11.6 Å². The van der Waals surface area contributed by atoms with Gasteiger partial charge < -0.3 is 10.6 Å². The lowest BCUT2D eigenvalue weighted by Gasteiger charge is -2.10. The van der Waals surface area contributed by atoms with Crippen LogP contribution in [0.5, 0.6) is 0 Å². The van der Waals surface area contributed by atoms with E-state index >= 15 is 0 Å². The summed E-state index contributed by atoms with van der Waals surface area (Å²) in [5.74, 6) is 0. The number of pyridine rings is 2.